The van der Waals surface area contributed by atoms with Crippen LogP contribution in [0.4, 0.5) is 0 Å². The zero-order chi connectivity index (χ0) is 15.6. The first-order chi connectivity index (χ1) is 9.97. The van der Waals surface area contributed by atoms with Crippen molar-refractivity contribution in [2.45, 2.75) is 20.0 Å². The van der Waals surface area contributed by atoms with Gasteiger partial charge >= 0.3 is 0 Å². The zero-order valence-corrected chi connectivity index (χ0v) is 14.2. The first-order valence-electron chi connectivity index (χ1n) is 6.64. The summed E-state index contributed by atoms with van der Waals surface area (Å²) in [6.45, 7) is 3.97. The molecule has 1 atom stereocenters. The van der Waals surface area contributed by atoms with Gasteiger partial charge in [-0.25, -0.2) is 0 Å². The van der Waals surface area contributed by atoms with Crippen molar-refractivity contribution in [3.05, 3.63) is 57.1 Å². The zero-order valence-electron chi connectivity index (χ0n) is 12.6. The summed E-state index contributed by atoms with van der Waals surface area (Å²) >= 11 is 3.50. The van der Waals surface area contributed by atoms with Gasteiger partial charge in [-0.15, -0.1) is 0 Å². The number of methoxy groups -OCH3 is 2. The minimum atomic E-state index is -0.813. The third kappa shape index (κ3) is 3.22. The van der Waals surface area contributed by atoms with Gasteiger partial charge in [0, 0.05) is 15.6 Å². The first kappa shape index (κ1) is 15.9. The lowest BCUT2D eigenvalue weighted by atomic mass is 9.97. The van der Waals surface area contributed by atoms with E-state index >= 15 is 0 Å². The van der Waals surface area contributed by atoms with E-state index < -0.39 is 6.10 Å². The van der Waals surface area contributed by atoms with Crippen molar-refractivity contribution in [2.24, 2.45) is 0 Å². The van der Waals surface area contributed by atoms with Gasteiger partial charge in [-0.2, -0.15) is 0 Å². The third-order valence-corrected chi connectivity index (χ3v) is 4.34. The molecule has 0 aromatic heterocycles. The van der Waals surface area contributed by atoms with E-state index in [-0.39, 0.29) is 0 Å². The number of benzene rings is 2. The Labute approximate surface area is 133 Å². The van der Waals surface area contributed by atoms with Crippen LogP contribution in [0.2, 0.25) is 0 Å². The van der Waals surface area contributed by atoms with Crippen molar-refractivity contribution >= 4 is 15.9 Å². The Bertz CT molecular complexity index is 653. The van der Waals surface area contributed by atoms with Crippen LogP contribution in [-0.4, -0.2) is 19.3 Å². The van der Waals surface area contributed by atoms with Gasteiger partial charge in [0.05, 0.1) is 14.2 Å². The number of halogens is 1. The standard InChI is InChI=1S/C17H19BrO3/c1-10-5-6-15(20-3)12(7-10)17(19)13-9-14(18)11(2)8-16(13)21-4/h5-9,17,19H,1-4H3. The molecule has 2 rings (SSSR count). The molecule has 0 radical (unpaired) electrons. The highest BCUT2D eigenvalue weighted by molar-refractivity contribution is 9.10. The van der Waals surface area contributed by atoms with Crippen molar-refractivity contribution in [1.29, 1.82) is 0 Å². The highest BCUT2D eigenvalue weighted by atomic mass is 79.9. The Hall–Kier alpha value is -1.52. The van der Waals surface area contributed by atoms with E-state index in [1.165, 1.54) is 0 Å². The van der Waals surface area contributed by atoms with E-state index in [1.54, 1.807) is 14.2 Å². The molecule has 2 aromatic rings. The fraction of sp³-hybridized carbons (Fsp3) is 0.294. The molecule has 21 heavy (non-hydrogen) atoms. The summed E-state index contributed by atoms with van der Waals surface area (Å²) in [5.74, 6) is 1.32. The first-order valence-corrected chi connectivity index (χ1v) is 7.44. The minimum Gasteiger partial charge on any atom is -0.496 e. The molecule has 112 valence electrons. The maximum atomic E-state index is 10.8. The van der Waals surface area contributed by atoms with Crippen LogP contribution in [0, 0.1) is 13.8 Å². The fourth-order valence-electron chi connectivity index (χ4n) is 2.30. The Morgan fingerprint density at radius 1 is 0.952 bits per heavy atom. The number of ether oxygens (including phenoxy) is 2. The van der Waals surface area contributed by atoms with Crippen LogP contribution < -0.4 is 9.47 Å². The molecule has 0 aliphatic rings. The Morgan fingerprint density at radius 2 is 1.57 bits per heavy atom. The molecule has 0 fully saturated rings. The maximum absolute atomic E-state index is 10.8. The molecule has 1 N–H and O–H groups in total. The lowest BCUT2D eigenvalue weighted by molar-refractivity contribution is 0.209. The van der Waals surface area contributed by atoms with Crippen LogP contribution in [0.1, 0.15) is 28.4 Å². The summed E-state index contributed by atoms with van der Waals surface area (Å²) in [5, 5.41) is 10.8. The number of aliphatic hydroxyl groups excluding tert-OH is 1. The van der Waals surface area contributed by atoms with Gasteiger partial charge in [-0.3, -0.25) is 0 Å². The van der Waals surface area contributed by atoms with Gasteiger partial charge in [-0.1, -0.05) is 27.6 Å². The van der Waals surface area contributed by atoms with Crippen LogP contribution in [-0.2, 0) is 0 Å². The summed E-state index contributed by atoms with van der Waals surface area (Å²) in [6.07, 6.45) is -0.813. The fourth-order valence-corrected chi connectivity index (χ4v) is 2.66. The van der Waals surface area contributed by atoms with Crippen molar-refractivity contribution in [3.8, 4) is 11.5 Å². The van der Waals surface area contributed by atoms with Crippen LogP contribution in [0.25, 0.3) is 0 Å². The molecule has 2 aromatic carbocycles. The second-order valence-corrected chi connectivity index (χ2v) is 5.85. The van der Waals surface area contributed by atoms with Crippen molar-refractivity contribution in [2.75, 3.05) is 14.2 Å². The molecule has 0 aliphatic heterocycles. The van der Waals surface area contributed by atoms with E-state index in [0.29, 0.717) is 17.1 Å². The van der Waals surface area contributed by atoms with E-state index in [1.807, 2.05) is 44.2 Å². The summed E-state index contributed by atoms with van der Waals surface area (Å²) in [7, 11) is 3.20. The second kappa shape index (κ2) is 6.50. The van der Waals surface area contributed by atoms with Crippen LogP contribution in [0.3, 0.4) is 0 Å². The van der Waals surface area contributed by atoms with Gasteiger partial charge < -0.3 is 14.6 Å². The molecule has 0 aliphatic carbocycles. The second-order valence-electron chi connectivity index (χ2n) is 4.99. The Kier molecular flexibility index (Phi) is 4.91. The molecule has 0 heterocycles. The molecule has 0 spiro atoms. The molecular weight excluding hydrogens is 332 g/mol. The smallest absolute Gasteiger partial charge is 0.125 e. The SMILES string of the molecule is COc1ccc(C)cc1C(O)c1cc(Br)c(C)cc1OC. The largest absolute Gasteiger partial charge is 0.496 e. The highest BCUT2D eigenvalue weighted by Crippen LogP contribution is 2.37. The predicted molar refractivity (Wildman–Crippen MR) is 87.2 cm³/mol. The van der Waals surface area contributed by atoms with Gasteiger partial charge in [0.2, 0.25) is 0 Å². The minimum absolute atomic E-state index is 0.659. The number of aliphatic hydroxyl groups is 1. The number of hydrogen-bond acceptors (Lipinski definition) is 3. The van der Waals surface area contributed by atoms with E-state index in [4.69, 9.17) is 9.47 Å². The van der Waals surface area contributed by atoms with E-state index in [2.05, 4.69) is 15.9 Å². The van der Waals surface area contributed by atoms with Gasteiger partial charge in [0.25, 0.3) is 0 Å². The number of rotatable bonds is 4. The molecule has 0 bridgehead atoms. The molecule has 1 unspecified atom stereocenters. The topological polar surface area (TPSA) is 38.7 Å². The molecular formula is C17H19BrO3. The van der Waals surface area contributed by atoms with Crippen molar-refractivity contribution in [3.63, 3.8) is 0 Å². The van der Waals surface area contributed by atoms with E-state index in [9.17, 15) is 5.11 Å². The van der Waals surface area contributed by atoms with Crippen LogP contribution in [0.5, 0.6) is 11.5 Å². The normalized spacial score (nSPS) is 12.1. The Morgan fingerprint density at radius 3 is 2.19 bits per heavy atom. The third-order valence-electron chi connectivity index (χ3n) is 3.49. The average molecular weight is 351 g/mol. The number of aryl methyl sites for hydroxylation is 2. The maximum Gasteiger partial charge on any atom is 0.125 e. The monoisotopic (exact) mass is 350 g/mol. The van der Waals surface area contributed by atoms with Crippen molar-refractivity contribution < 1.29 is 14.6 Å². The lowest BCUT2D eigenvalue weighted by Gasteiger charge is -2.19. The highest BCUT2D eigenvalue weighted by Gasteiger charge is 2.20. The van der Waals surface area contributed by atoms with Crippen LogP contribution >= 0.6 is 15.9 Å². The summed E-state index contributed by atoms with van der Waals surface area (Å²) in [6, 6.07) is 9.54. The quantitative estimate of drug-likeness (QED) is 0.899. The van der Waals surface area contributed by atoms with Crippen molar-refractivity contribution in [1.82, 2.24) is 0 Å². The predicted octanol–water partition coefficient (Wildman–Crippen LogP) is 4.16. The molecule has 0 saturated heterocycles. The Balaban J connectivity index is 2.56. The van der Waals surface area contributed by atoms with Crippen LogP contribution in [0.15, 0.2) is 34.8 Å². The molecule has 4 heteroatoms. The molecule has 0 saturated carbocycles. The molecule has 3 nitrogen and oxygen atoms in total. The lowest BCUT2D eigenvalue weighted by Crippen LogP contribution is -2.05. The van der Waals surface area contributed by atoms with E-state index in [0.717, 1.165) is 21.2 Å². The van der Waals surface area contributed by atoms with Gasteiger partial charge in [0.1, 0.15) is 17.6 Å². The summed E-state index contributed by atoms with van der Waals surface area (Å²) in [4.78, 5) is 0. The number of hydrogen-bond donors (Lipinski definition) is 1. The summed E-state index contributed by atoms with van der Waals surface area (Å²) < 4.78 is 11.7. The molecule has 0 amide bonds. The average Bonchev–Trinajstić information content (AvgIpc) is 2.48. The van der Waals surface area contributed by atoms with Gasteiger partial charge in [-0.05, 0) is 43.7 Å². The van der Waals surface area contributed by atoms with Gasteiger partial charge in [0.15, 0.2) is 0 Å². The summed E-state index contributed by atoms with van der Waals surface area (Å²) in [5.41, 5.74) is 3.56.